The molecule has 2 fully saturated rings. The highest BCUT2D eigenvalue weighted by molar-refractivity contribution is 7.23. The van der Waals surface area contributed by atoms with Crippen molar-refractivity contribution in [3.63, 3.8) is 0 Å². The van der Waals surface area contributed by atoms with E-state index in [1.54, 1.807) is 18.4 Å². The monoisotopic (exact) mass is 696 g/mol. The van der Waals surface area contributed by atoms with E-state index in [2.05, 4.69) is 51.9 Å². The summed E-state index contributed by atoms with van der Waals surface area (Å²) in [6, 6.07) is 19.3. The Hall–Kier alpha value is -5.29. The molecule has 2 aromatic carbocycles. The predicted molar refractivity (Wildman–Crippen MR) is 195 cm³/mol. The minimum atomic E-state index is -0.648. The van der Waals surface area contributed by atoms with Gasteiger partial charge in [0.15, 0.2) is 5.82 Å². The van der Waals surface area contributed by atoms with Crippen molar-refractivity contribution in [3.05, 3.63) is 111 Å². The van der Waals surface area contributed by atoms with Crippen LogP contribution in [0.4, 0.5) is 5.82 Å². The van der Waals surface area contributed by atoms with E-state index in [9.17, 15) is 9.59 Å². The summed E-state index contributed by atoms with van der Waals surface area (Å²) >= 11 is 1.60. The largest absolute Gasteiger partial charge is 0.496 e. The maximum atomic E-state index is 14.3. The predicted octanol–water partition coefficient (Wildman–Crippen LogP) is 7.76. The highest BCUT2D eigenvalue weighted by Crippen LogP contribution is 2.50. The standard InChI is InChI=1S/C40H36N6O4S/c1-49-30-6-2-4-25-26(30)14-16-27(25)43-38-36-24(17-18-41-38)20-31(51-36)33-32(37-44-40(48)50-45-37)28(15-9-21-7-10-22(11-8-21)23-12-13-23)42-35-29-5-3-19-46(29)39(47)34(33)35/h2,4,6-8,10-11,17-18,20,23,27,29H,3,5,9,12-16,19H2,1H3,(H,41,43)(H,44,45,48). The van der Waals surface area contributed by atoms with Crippen LogP contribution in [0.5, 0.6) is 5.75 Å². The van der Waals surface area contributed by atoms with Crippen molar-refractivity contribution in [1.82, 2.24) is 25.0 Å². The van der Waals surface area contributed by atoms with Gasteiger partial charge in [0.05, 0.1) is 46.4 Å². The van der Waals surface area contributed by atoms with E-state index in [4.69, 9.17) is 19.2 Å². The lowest BCUT2D eigenvalue weighted by atomic mass is 9.92. The topological polar surface area (TPSA) is 126 Å². The molecule has 4 aliphatic rings. The Kier molecular flexibility index (Phi) is 7.13. The fourth-order valence-electron chi connectivity index (χ4n) is 8.52. The molecule has 11 heteroatoms. The first-order chi connectivity index (χ1) is 25.0. The number of thiophene rings is 1. The number of carbonyl (C=O) groups is 1. The van der Waals surface area contributed by atoms with E-state index in [1.807, 2.05) is 29.3 Å². The van der Waals surface area contributed by atoms with Crippen LogP contribution in [0, 0.1) is 0 Å². The Morgan fingerprint density at radius 3 is 2.71 bits per heavy atom. The SMILES string of the molecule is COc1cccc2c1CCC2Nc1nccc2cc(-c3c4c(nc(CCc5ccc(C6CC6)cc5)c3-c3noc(=O)[nH]3)C3CCCN3C4=O)sc12. The molecule has 2 aliphatic heterocycles. The summed E-state index contributed by atoms with van der Waals surface area (Å²) in [5, 5.41) is 8.95. The zero-order valence-electron chi connectivity index (χ0n) is 28.2. The molecule has 2 unspecified atom stereocenters. The molecule has 6 aromatic rings. The van der Waals surface area contributed by atoms with Crippen LogP contribution >= 0.6 is 11.3 Å². The third-order valence-electron chi connectivity index (χ3n) is 11.1. The van der Waals surface area contributed by atoms with Crippen LogP contribution in [0.15, 0.2) is 70.1 Å². The quantitative estimate of drug-likeness (QED) is 0.157. The van der Waals surface area contributed by atoms with Gasteiger partial charge in [-0.15, -0.1) is 11.3 Å². The molecule has 1 amide bonds. The summed E-state index contributed by atoms with van der Waals surface area (Å²) in [4.78, 5) is 42.4. The fraction of sp³-hybridized carbons (Fsp3) is 0.325. The van der Waals surface area contributed by atoms with Crippen LogP contribution in [0.3, 0.4) is 0 Å². The molecule has 4 aromatic heterocycles. The molecule has 51 heavy (non-hydrogen) atoms. The van der Waals surface area contributed by atoms with Gasteiger partial charge in [-0.3, -0.25) is 19.3 Å². The number of methoxy groups -OCH3 is 1. The van der Waals surface area contributed by atoms with Crippen molar-refractivity contribution in [1.29, 1.82) is 0 Å². The number of hydrogen-bond donors (Lipinski definition) is 2. The van der Waals surface area contributed by atoms with E-state index >= 15 is 0 Å². The second-order valence-corrected chi connectivity index (χ2v) is 15.2. The Balaban J connectivity index is 1.11. The van der Waals surface area contributed by atoms with Crippen molar-refractivity contribution in [2.75, 3.05) is 19.0 Å². The number of fused-ring (bicyclic) bond motifs is 5. The second-order valence-electron chi connectivity index (χ2n) is 14.1. The molecule has 0 radical (unpaired) electrons. The molecule has 256 valence electrons. The van der Waals surface area contributed by atoms with Gasteiger partial charge in [-0.2, -0.15) is 0 Å². The number of benzene rings is 2. The number of aryl methyl sites for hydroxylation is 2. The first-order valence-electron chi connectivity index (χ1n) is 17.9. The first-order valence-corrected chi connectivity index (χ1v) is 18.7. The third-order valence-corrected chi connectivity index (χ3v) is 12.3. The molecule has 1 saturated heterocycles. The third kappa shape index (κ3) is 5.08. The lowest BCUT2D eigenvalue weighted by Gasteiger charge is -2.17. The molecular weight excluding hydrogens is 661 g/mol. The number of aromatic amines is 1. The zero-order valence-corrected chi connectivity index (χ0v) is 29.0. The average molecular weight is 697 g/mol. The van der Waals surface area contributed by atoms with Crippen LogP contribution in [0.1, 0.15) is 94.1 Å². The highest BCUT2D eigenvalue weighted by atomic mass is 32.1. The number of anilines is 1. The number of amides is 1. The van der Waals surface area contributed by atoms with Crippen molar-refractivity contribution in [2.45, 2.75) is 69.4 Å². The number of carbonyl (C=O) groups excluding carboxylic acids is 1. The molecular formula is C40H36N6O4S. The molecule has 2 aliphatic carbocycles. The Labute approximate surface area is 297 Å². The van der Waals surface area contributed by atoms with Gasteiger partial charge in [0.1, 0.15) is 11.6 Å². The molecule has 2 N–H and O–H groups in total. The number of nitrogens with one attached hydrogen (secondary N) is 2. The Morgan fingerprint density at radius 1 is 1.02 bits per heavy atom. The van der Waals surface area contributed by atoms with Crippen LogP contribution < -0.4 is 15.8 Å². The second kappa shape index (κ2) is 11.9. The first kappa shape index (κ1) is 30.5. The van der Waals surface area contributed by atoms with E-state index in [-0.39, 0.29) is 23.8 Å². The van der Waals surface area contributed by atoms with E-state index in [0.717, 1.165) is 75.6 Å². The van der Waals surface area contributed by atoms with Crippen LogP contribution in [-0.4, -0.2) is 44.6 Å². The molecule has 2 atom stereocenters. The van der Waals surface area contributed by atoms with Crippen LogP contribution in [0.2, 0.25) is 0 Å². The van der Waals surface area contributed by atoms with Gasteiger partial charge in [0.25, 0.3) is 5.91 Å². The summed E-state index contributed by atoms with van der Waals surface area (Å²) in [5.74, 6) is 2.04. The summed E-state index contributed by atoms with van der Waals surface area (Å²) in [7, 11) is 1.72. The van der Waals surface area contributed by atoms with Gasteiger partial charge in [-0.25, -0.2) is 9.78 Å². The maximum Gasteiger partial charge on any atom is 0.439 e. The lowest BCUT2D eigenvalue weighted by molar-refractivity contribution is 0.0776. The minimum Gasteiger partial charge on any atom is -0.496 e. The van der Waals surface area contributed by atoms with Gasteiger partial charge >= 0.3 is 5.76 Å². The molecule has 10 rings (SSSR count). The van der Waals surface area contributed by atoms with Gasteiger partial charge in [-0.1, -0.05) is 41.6 Å². The number of ether oxygens (including phenoxy) is 1. The van der Waals surface area contributed by atoms with Gasteiger partial charge in [0, 0.05) is 23.2 Å². The fourth-order valence-corrected chi connectivity index (χ4v) is 9.69. The Morgan fingerprint density at radius 2 is 1.90 bits per heavy atom. The average Bonchev–Trinajstić information content (AvgIpc) is 3.55. The van der Waals surface area contributed by atoms with E-state index in [0.29, 0.717) is 30.0 Å². The summed E-state index contributed by atoms with van der Waals surface area (Å²) in [5.41, 5.74) is 8.71. The highest BCUT2D eigenvalue weighted by Gasteiger charge is 2.44. The van der Waals surface area contributed by atoms with Crippen molar-refractivity contribution >= 4 is 33.1 Å². The zero-order chi connectivity index (χ0) is 34.2. The number of aromatic nitrogens is 4. The van der Waals surface area contributed by atoms with Crippen molar-refractivity contribution in [3.8, 4) is 27.6 Å². The normalized spacial score (nSPS) is 19.1. The number of hydrogen-bond acceptors (Lipinski definition) is 9. The Bertz CT molecular complexity index is 2410. The summed E-state index contributed by atoms with van der Waals surface area (Å²) in [6.45, 7) is 0.705. The molecule has 0 bridgehead atoms. The van der Waals surface area contributed by atoms with Gasteiger partial charge in [0.2, 0.25) is 0 Å². The number of pyridine rings is 2. The van der Waals surface area contributed by atoms with E-state index < -0.39 is 5.76 Å². The minimum absolute atomic E-state index is 0.0188. The molecule has 1 saturated carbocycles. The summed E-state index contributed by atoms with van der Waals surface area (Å²) < 4.78 is 11.7. The molecule has 0 spiro atoms. The number of rotatable bonds is 9. The van der Waals surface area contributed by atoms with Gasteiger partial charge in [-0.05, 0) is 103 Å². The smallest absolute Gasteiger partial charge is 0.439 e. The summed E-state index contributed by atoms with van der Waals surface area (Å²) in [6.07, 6.45) is 9.43. The van der Waals surface area contributed by atoms with Crippen molar-refractivity contribution < 1.29 is 14.1 Å². The van der Waals surface area contributed by atoms with Crippen LogP contribution in [-0.2, 0) is 19.3 Å². The lowest BCUT2D eigenvalue weighted by Crippen LogP contribution is -2.22. The van der Waals surface area contributed by atoms with E-state index in [1.165, 1.54) is 35.1 Å². The maximum absolute atomic E-state index is 14.3. The van der Waals surface area contributed by atoms with Crippen molar-refractivity contribution in [2.24, 2.45) is 0 Å². The number of H-pyrrole nitrogens is 1. The molecule has 6 heterocycles. The van der Waals surface area contributed by atoms with Gasteiger partial charge < -0.3 is 15.0 Å². The van der Waals surface area contributed by atoms with Crippen LogP contribution in [0.25, 0.3) is 31.9 Å². The molecule has 10 nitrogen and oxygen atoms in total. The number of nitrogens with zero attached hydrogens (tertiary/aromatic N) is 4.